The minimum absolute atomic E-state index is 0.217. The fourth-order valence-corrected chi connectivity index (χ4v) is 2.41. The fourth-order valence-electron chi connectivity index (χ4n) is 2.41. The van der Waals surface area contributed by atoms with Gasteiger partial charge in [-0.25, -0.2) is 0 Å². The molecule has 0 saturated carbocycles. The van der Waals surface area contributed by atoms with Crippen LogP contribution in [0.4, 0.5) is 0 Å². The number of aliphatic hydroxyl groups excluding tert-OH is 1. The van der Waals surface area contributed by atoms with Gasteiger partial charge in [-0.15, -0.1) is 0 Å². The van der Waals surface area contributed by atoms with Crippen LogP contribution in [0.1, 0.15) is 38.3 Å². The molecule has 2 N–H and O–H groups in total. The zero-order chi connectivity index (χ0) is 13.0. The van der Waals surface area contributed by atoms with Crippen molar-refractivity contribution in [2.75, 3.05) is 13.2 Å². The average Bonchev–Trinajstić information content (AvgIpc) is 2.39. The van der Waals surface area contributed by atoms with Gasteiger partial charge in [-0.1, -0.05) is 12.1 Å². The smallest absolute Gasteiger partial charge is 0.119 e. The second kappa shape index (κ2) is 6.21. The lowest BCUT2D eigenvalue weighted by Crippen LogP contribution is -2.34. The third-order valence-electron chi connectivity index (χ3n) is 3.43. The molecule has 0 amide bonds. The Morgan fingerprint density at radius 2 is 2.00 bits per heavy atom. The number of ether oxygens (including phenoxy) is 1. The van der Waals surface area contributed by atoms with E-state index in [0.717, 1.165) is 25.1 Å². The summed E-state index contributed by atoms with van der Waals surface area (Å²) >= 11 is 0. The van der Waals surface area contributed by atoms with E-state index in [9.17, 15) is 0 Å². The van der Waals surface area contributed by atoms with E-state index in [1.54, 1.807) is 0 Å². The molecular weight excluding hydrogens is 226 g/mol. The van der Waals surface area contributed by atoms with Gasteiger partial charge in [-0.3, -0.25) is 0 Å². The van der Waals surface area contributed by atoms with Gasteiger partial charge < -0.3 is 15.2 Å². The summed E-state index contributed by atoms with van der Waals surface area (Å²) in [6.07, 6.45) is 2.41. The van der Waals surface area contributed by atoms with Gasteiger partial charge in [0.2, 0.25) is 0 Å². The maximum Gasteiger partial charge on any atom is 0.119 e. The second-order valence-electron chi connectivity index (χ2n) is 5.32. The number of hydrogen-bond donors (Lipinski definition) is 2. The summed E-state index contributed by atoms with van der Waals surface area (Å²) < 4.78 is 5.64. The Hall–Kier alpha value is -1.06. The number of piperidine rings is 1. The molecule has 1 saturated heterocycles. The third kappa shape index (κ3) is 3.47. The lowest BCUT2D eigenvalue weighted by Gasteiger charge is -2.29. The highest BCUT2D eigenvalue weighted by atomic mass is 16.5. The van der Waals surface area contributed by atoms with Crippen LogP contribution in [0.3, 0.4) is 0 Å². The molecular formula is C15H23NO2. The molecule has 1 fully saturated rings. The van der Waals surface area contributed by atoms with Gasteiger partial charge in [0.15, 0.2) is 0 Å². The lowest BCUT2D eigenvalue weighted by molar-refractivity contribution is 0.184. The van der Waals surface area contributed by atoms with Crippen molar-refractivity contribution in [1.29, 1.82) is 0 Å². The van der Waals surface area contributed by atoms with E-state index in [0.29, 0.717) is 18.6 Å². The Morgan fingerprint density at radius 1 is 1.28 bits per heavy atom. The molecule has 3 nitrogen and oxygen atoms in total. The molecule has 18 heavy (non-hydrogen) atoms. The highest BCUT2D eigenvalue weighted by Gasteiger charge is 2.20. The Morgan fingerprint density at radius 3 is 2.50 bits per heavy atom. The quantitative estimate of drug-likeness (QED) is 0.861. The van der Waals surface area contributed by atoms with Crippen molar-refractivity contribution in [1.82, 2.24) is 5.32 Å². The molecule has 1 aliphatic heterocycles. The van der Waals surface area contributed by atoms with Crippen molar-refractivity contribution in [3.8, 4) is 5.75 Å². The van der Waals surface area contributed by atoms with E-state index < -0.39 is 0 Å². The first-order chi connectivity index (χ1) is 8.69. The van der Waals surface area contributed by atoms with Gasteiger partial charge in [0.25, 0.3) is 0 Å². The minimum Gasteiger partial charge on any atom is -0.491 e. The van der Waals surface area contributed by atoms with Crippen LogP contribution in [0.25, 0.3) is 0 Å². The van der Waals surface area contributed by atoms with Crippen molar-refractivity contribution in [3.05, 3.63) is 29.8 Å². The highest BCUT2D eigenvalue weighted by molar-refractivity contribution is 5.29. The standard InChI is InChI=1S/C15H23NO2/c1-11(2)18-14-6-4-13(5-7-14)15-8-3-12(10-17)9-16-15/h4-7,11-12,15-17H,3,8-10H2,1-2H3. The van der Waals surface area contributed by atoms with Crippen LogP contribution in [0.5, 0.6) is 5.75 Å². The Bertz CT molecular complexity index is 353. The Kier molecular flexibility index (Phi) is 4.61. The molecule has 1 aromatic carbocycles. The molecule has 2 unspecified atom stereocenters. The first-order valence-corrected chi connectivity index (χ1v) is 6.80. The summed E-state index contributed by atoms with van der Waals surface area (Å²) in [6, 6.07) is 8.76. The molecule has 3 heteroatoms. The fraction of sp³-hybridized carbons (Fsp3) is 0.600. The largest absolute Gasteiger partial charge is 0.491 e. The van der Waals surface area contributed by atoms with Gasteiger partial charge in [0, 0.05) is 19.2 Å². The molecule has 0 radical (unpaired) electrons. The van der Waals surface area contributed by atoms with Crippen molar-refractivity contribution in [2.24, 2.45) is 5.92 Å². The topological polar surface area (TPSA) is 41.5 Å². The summed E-state index contributed by atoms with van der Waals surface area (Å²) in [5.41, 5.74) is 1.31. The Balaban J connectivity index is 1.93. The highest BCUT2D eigenvalue weighted by Crippen LogP contribution is 2.27. The third-order valence-corrected chi connectivity index (χ3v) is 3.43. The van der Waals surface area contributed by atoms with Gasteiger partial charge in [0.05, 0.1) is 6.10 Å². The predicted molar refractivity (Wildman–Crippen MR) is 72.8 cm³/mol. The van der Waals surface area contributed by atoms with E-state index >= 15 is 0 Å². The molecule has 100 valence electrons. The zero-order valence-electron chi connectivity index (χ0n) is 11.2. The molecule has 0 bridgehead atoms. The van der Waals surface area contributed by atoms with Crippen LogP contribution in [0.15, 0.2) is 24.3 Å². The van der Waals surface area contributed by atoms with Crippen molar-refractivity contribution in [2.45, 2.75) is 38.8 Å². The molecule has 1 aromatic rings. The van der Waals surface area contributed by atoms with Crippen LogP contribution in [0, 0.1) is 5.92 Å². The van der Waals surface area contributed by atoms with Gasteiger partial charge >= 0.3 is 0 Å². The molecule has 1 heterocycles. The lowest BCUT2D eigenvalue weighted by atomic mass is 9.91. The van der Waals surface area contributed by atoms with Crippen molar-refractivity contribution in [3.63, 3.8) is 0 Å². The first kappa shape index (κ1) is 13.4. The molecule has 0 spiro atoms. The maximum atomic E-state index is 9.11. The molecule has 0 aromatic heterocycles. The number of rotatable bonds is 4. The van der Waals surface area contributed by atoms with Gasteiger partial charge in [-0.05, 0) is 50.3 Å². The van der Waals surface area contributed by atoms with Crippen molar-refractivity contribution >= 4 is 0 Å². The van der Waals surface area contributed by atoms with Crippen LogP contribution in [0.2, 0.25) is 0 Å². The SMILES string of the molecule is CC(C)Oc1ccc(C2CCC(CO)CN2)cc1. The Labute approximate surface area is 109 Å². The number of nitrogens with one attached hydrogen (secondary N) is 1. The number of hydrogen-bond acceptors (Lipinski definition) is 3. The van der Waals surface area contributed by atoms with E-state index in [-0.39, 0.29) is 6.10 Å². The van der Waals surface area contributed by atoms with E-state index in [1.165, 1.54) is 5.56 Å². The number of aliphatic hydroxyl groups is 1. The molecule has 1 aliphatic rings. The number of benzene rings is 1. The van der Waals surface area contributed by atoms with Crippen LogP contribution >= 0.6 is 0 Å². The first-order valence-electron chi connectivity index (χ1n) is 6.80. The van der Waals surface area contributed by atoms with Gasteiger partial charge in [-0.2, -0.15) is 0 Å². The second-order valence-corrected chi connectivity index (χ2v) is 5.32. The molecule has 2 atom stereocenters. The predicted octanol–water partition coefficient (Wildman–Crippen LogP) is 2.51. The summed E-state index contributed by atoms with van der Waals surface area (Å²) in [7, 11) is 0. The maximum absolute atomic E-state index is 9.11. The van der Waals surface area contributed by atoms with Crippen LogP contribution in [-0.4, -0.2) is 24.4 Å². The van der Waals surface area contributed by atoms with Crippen molar-refractivity contribution < 1.29 is 9.84 Å². The van der Waals surface area contributed by atoms with E-state index in [4.69, 9.17) is 9.84 Å². The zero-order valence-corrected chi connectivity index (χ0v) is 11.2. The van der Waals surface area contributed by atoms with Crippen LogP contribution < -0.4 is 10.1 Å². The monoisotopic (exact) mass is 249 g/mol. The normalized spacial score (nSPS) is 24.2. The summed E-state index contributed by atoms with van der Waals surface area (Å²) in [4.78, 5) is 0. The minimum atomic E-state index is 0.217. The molecule has 0 aliphatic carbocycles. The van der Waals surface area contributed by atoms with Crippen LogP contribution in [-0.2, 0) is 0 Å². The average molecular weight is 249 g/mol. The summed E-state index contributed by atoms with van der Waals surface area (Å²) in [6.45, 7) is 5.27. The van der Waals surface area contributed by atoms with E-state index in [2.05, 4.69) is 17.4 Å². The molecule has 2 rings (SSSR count). The van der Waals surface area contributed by atoms with Gasteiger partial charge in [0.1, 0.15) is 5.75 Å². The summed E-state index contributed by atoms with van der Waals surface area (Å²) in [5.74, 6) is 1.35. The van der Waals surface area contributed by atoms with E-state index in [1.807, 2.05) is 26.0 Å². The summed E-state index contributed by atoms with van der Waals surface area (Å²) in [5, 5.41) is 12.6.